The Morgan fingerprint density at radius 2 is 1.88 bits per heavy atom. The first-order chi connectivity index (χ1) is 12.1. The highest BCUT2D eigenvalue weighted by Crippen LogP contribution is 2.32. The average Bonchev–Trinajstić information content (AvgIpc) is 3.07. The average molecular weight is 378 g/mol. The van der Waals surface area contributed by atoms with Crippen molar-refractivity contribution in [1.29, 1.82) is 0 Å². The van der Waals surface area contributed by atoms with Gasteiger partial charge < -0.3 is 15.0 Å². The molecule has 3 aliphatic heterocycles. The highest BCUT2D eigenvalue weighted by molar-refractivity contribution is 6.35. The first-order valence-electron chi connectivity index (χ1n) is 8.12. The molecule has 130 valence electrons. The molecule has 25 heavy (non-hydrogen) atoms. The first kappa shape index (κ1) is 16.6. The van der Waals surface area contributed by atoms with Gasteiger partial charge in [-0.15, -0.1) is 0 Å². The van der Waals surface area contributed by atoms with Crippen molar-refractivity contribution in [1.82, 2.24) is 19.5 Å². The lowest BCUT2D eigenvalue weighted by molar-refractivity contribution is 0.0838. The number of ether oxygens (including phenoxy) is 1. The van der Waals surface area contributed by atoms with E-state index in [4.69, 9.17) is 38.7 Å². The van der Waals surface area contributed by atoms with Crippen molar-refractivity contribution in [3.8, 4) is 11.5 Å². The lowest BCUT2D eigenvalue weighted by Gasteiger charge is -2.19. The molecule has 2 N–H and O–H groups in total. The van der Waals surface area contributed by atoms with Gasteiger partial charge in [-0.3, -0.25) is 0 Å². The molecule has 1 fully saturated rings. The second-order valence-corrected chi connectivity index (χ2v) is 6.91. The topological polar surface area (TPSA) is 78.8 Å². The summed E-state index contributed by atoms with van der Waals surface area (Å²) in [7, 11) is 0. The number of imidazole rings is 1. The van der Waals surface area contributed by atoms with Gasteiger partial charge in [0, 0.05) is 34.7 Å². The molecule has 6 nitrogen and oxygen atoms in total. The molecule has 3 aliphatic rings. The van der Waals surface area contributed by atoms with E-state index >= 15 is 0 Å². The predicted octanol–water partition coefficient (Wildman–Crippen LogP) is 3.61. The first-order valence-corrected chi connectivity index (χ1v) is 8.88. The van der Waals surface area contributed by atoms with Crippen LogP contribution in [0, 0.1) is 0 Å². The van der Waals surface area contributed by atoms with Gasteiger partial charge in [0.2, 0.25) is 0 Å². The van der Waals surface area contributed by atoms with Crippen LogP contribution in [0.3, 0.4) is 0 Å². The number of halogens is 2. The van der Waals surface area contributed by atoms with Gasteiger partial charge in [-0.1, -0.05) is 29.3 Å². The Labute approximate surface area is 155 Å². The Hall–Kier alpha value is -1.89. The number of rotatable bonds is 3. The van der Waals surface area contributed by atoms with E-state index in [2.05, 4.69) is 9.97 Å². The number of benzene rings is 1. The summed E-state index contributed by atoms with van der Waals surface area (Å²) in [5.41, 5.74) is 7.45. The molecule has 0 aliphatic carbocycles. The van der Waals surface area contributed by atoms with E-state index in [0.717, 1.165) is 37.4 Å². The number of anilines is 1. The Balaban J connectivity index is 1.74. The molecule has 1 aromatic rings. The number of nitrogens with two attached hydrogens (primary N) is 1. The Kier molecular flexibility index (Phi) is 4.50. The molecule has 0 saturated carbocycles. The van der Waals surface area contributed by atoms with E-state index in [1.807, 2.05) is 22.8 Å². The molecule has 0 unspecified atom stereocenters. The maximum Gasteiger partial charge on any atom is 0.166 e. The molecule has 0 bridgehead atoms. The summed E-state index contributed by atoms with van der Waals surface area (Å²) in [5.74, 6) is 2.17. The summed E-state index contributed by atoms with van der Waals surface area (Å²) in [6, 6.07) is 5.45. The van der Waals surface area contributed by atoms with Gasteiger partial charge in [0.25, 0.3) is 0 Å². The fourth-order valence-electron chi connectivity index (χ4n) is 3.08. The molecule has 0 aromatic heterocycles. The van der Waals surface area contributed by atoms with Gasteiger partial charge in [0.1, 0.15) is 5.82 Å². The van der Waals surface area contributed by atoms with E-state index in [0.29, 0.717) is 33.9 Å². The van der Waals surface area contributed by atoms with Crippen molar-refractivity contribution in [2.45, 2.75) is 25.3 Å². The van der Waals surface area contributed by atoms with Crippen LogP contribution in [-0.4, -0.2) is 32.7 Å². The van der Waals surface area contributed by atoms with Crippen molar-refractivity contribution in [2.75, 3.05) is 18.9 Å². The van der Waals surface area contributed by atoms with Crippen molar-refractivity contribution < 1.29 is 4.74 Å². The molecule has 1 aromatic carbocycles. The largest absolute Gasteiger partial charge is 0.382 e. The molecular weight excluding hydrogens is 361 g/mol. The quantitative estimate of drug-likeness (QED) is 0.753. The van der Waals surface area contributed by atoms with Crippen LogP contribution in [0.4, 0.5) is 5.82 Å². The van der Waals surface area contributed by atoms with Crippen molar-refractivity contribution in [3.05, 3.63) is 46.0 Å². The van der Waals surface area contributed by atoms with Gasteiger partial charge in [0.05, 0.1) is 12.9 Å². The van der Waals surface area contributed by atoms with Crippen molar-refractivity contribution in [2.24, 2.45) is 0 Å². The minimum Gasteiger partial charge on any atom is -0.382 e. The van der Waals surface area contributed by atoms with Crippen LogP contribution in [-0.2, 0) is 11.3 Å². The number of nitrogens with zero attached hydrogens (tertiary/aromatic N) is 4. The predicted molar refractivity (Wildman–Crippen MR) is 97.2 cm³/mol. The summed E-state index contributed by atoms with van der Waals surface area (Å²) in [5, 5.41) is 1.21. The fraction of sp³-hybridized carbons (Fsp3) is 0.353. The summed E-state index contributed by atoms with van der Waals surface area (Å²) in [4.78, 5) is 13.6. The summed E-state index contributed by atoms with van der Waals surface area (Å²) >= 11 is 12.6. The molecular formula is C17H17Cl2N5O. The molecule has 4 rings (SSSR count). The number of nitrogen functional groups attached to an aromatic ring is 1. The lowest BCUT2D eigenvalue weighted by atomic mass is 10.00. The normalized spacial score (nSPS) is 15.8. The Morgan fingerprint density at radius 1 is 1.16 bits per heavy atom. The van der Waals surface area contributed by atoms with Crippen LogP contribution in [0.5, 0.6) is 0 Å². The zero-order valence-corrected chi connectivity index (χ0v) is 15.0. The van der Waals surface area contributed by atoms with Gasteiger partial charge >= 0.3 is 0 Å². The minimum atomic E-state index is 0.290. The van der Waals surface area contributed by atoms with Crippen LogP contribution in [0.15, 0.2) is 24.5 Å². The zero-order chi connectivity index (χ0) is 17.4. The monoisotopic (exact) mass is 377 g/mol. The van der Waals surface area contributed by atoms with E-state index in [-0.39, 0.29) is 5.92 Å². The van der Waals surface area contributed by atoms with Crippen molar-refractivity contribution in [3.63, 3.8) is 0 Å². The van der Waals surface area contributed by atoms with Crippen LogP contribution < -0.4 is 5.73 Å². The van der Waals surface area contributed by atoms with Gasteiger partial charge in [-0.2, -0.15) is 0 Å². The standard InChI is InChI=1S/C17H17Cl2N5O/c18-12-2-1-3-13(19)11(12)8-24-9-21-15(20)14-17(24)23-16(22-14)10-4-6-25-7-5-10/h1-3,9-10H,4-8,20H2. The molecule has 0 amide bonds. The molecule has 8 heteroatoms. The smallest absolute Gasteiger partial charge is 0.166 e. The molecule has 1 saturated heterocycles. The minimum absolute atomic E-state index is 0.290. The maximum atomic E-state index is 6.30. The highest BCUT2D eigenvalue weighted by Gasteiger charge is 2.25. The van der Waals surface area contributed by atoms with E-state index in [1.165, 1.54) is 0 Å². The Bertz CT molecular complexity index is 855. The molecule has 0 spiro atoms. The molecule has 0 atom stereocenters. The van der Waals surface area contributed by atoms with Crippen LogP contribution in [0.25, 0.3) is 11.5 Å². The summed E-state index contributed by atoms with van der Waals surface area (Å²) < 4.78 is 7.30. The van der Waals surface area contributed by atoms with Crippen LogP contribution in [0.2, 0.25) is 10.0 Å². The third-order valence-electron chi connectivity index (χ3n) is 4.49. The third-order valence-corrected chi connectivity index (χ3v) is 5.19. The van der Waals surface area contributed by atoms with Gasteiger partial charge in [-0.05, 0) is 25.0 Å². The second kappa shape index (κ2) is 6.78. The van der Waals surface area contributed by atoms with Crippen LogP contribution >= 0.6 is 23.2 Å². The molecule has 0 radical (unpaired) electrons. The van der Waals surface area contributed by atoms with Gasteiger partial charge in [0.15, 0.2) is 17.3 Å². The van der Waals surface area contributed by atoms with E-state index in [9.17, 15) is 0 Å². The van der Waals surface area contributed by atoms with Crippen LogP contribution in [0.1, 0.15) is 30.1 Å². The van der Waals surface area contributed by atoms with E-state index < -0.39 is 0 Å². The number of fused-ring (bicyclic) bond motifs is 1. The Morgan fingerprint density at radius 3 is 2.60 bits per heavy atom. The fourth-order valence-corrected chi connectivity index (χ4v) is 3.60. The summed E-state index contributed by atoms with van der Waals surface area (Å²) in [6.45, 7) is 1.92. The second-order valence-electron chi connectivity index (χ2n) is 6.10. The zero-order valence-electron chi connectivity index (χ0n) is 13.5. The number of hydrogen-bond acceptors (Lipinski definition) is 5. The van der Waals surface area contributed by atoms with E-state index in [1.54, 1.807) is 6.33 Å². The molecule has 3 heterocycles. The van der Waals surface area contributed by atoms with Gasteiger partial charge in [-0.25, -0.2) is 15.0 Å². The van der Waals surface area contributed by atoms with Crippen molar-refractivity contribution >= 4 is 29.0 Å². The maximum absolute atomic E-state index is 6.30. The lowest BCUT2D eigenvalue weighted by Crippen LogP contribution is -2.15. The number of hydrogen-bond donors (Lipinski definition) is 1. The highest BCUT2D eigenvalue weighted by atomic mass is 35.5. The third kappa shape index (κ3) is 3.17. The number of aromatic nitrogens is 4. The SMILES string of the molecule is Nc1ncn(Cc2c(Cl)cccc2Cl)c2nc(C3CCOCC3)nc1-2. The summed E-state index contributed by atoms with van der Waals surface area (Å²) in [6.07, 6.45) is 3.49.